The van der Waals surface area contributed by atoms with Crippen molar-refractivity contribution in [3.63, 3.8) is 0 Å². The molecular formula is C10H23NO. The smallest absolute Gasteiger partial charge is 0.0615 e. The SMILES string of the molecule is CCC(COC)NCC(C)(C)C. The van der Waals surface area contributed by atoms with Crippen LogP contribution in [0.5, 0.6) is 0 Å². The normalized spacial score (nSPS) is 14.8. The average molecular weight is 173 g/mol. The summed E-state index contributed by atoms with van der Waals surface area (Å²) in [6.07, 6.45) is 1.13. The van der Waals surface area contributed by atoms with Gasteiger partial charge in [-0.3, -0.25) is 0 Å². The first-order chi connectivity index (χ1) is 5.49. The molecule has 1 atom stereocenters. The van der Waals surface area contributed by atoms with Gasteiger partial charge < -0.3 is 10.1 Å². The summed E-state index contributed by atoms with van der Waals surface area (Å²) in [5.41, 5.74) is 0.362. The fourth-order valence-corrected chi connectivity index (χ4v) is 0.973. The van der Waals surface area contributed by atoms with Gasteiger partial charge in [0.1, 0.15) is 0 Å². The van der Waals surface area contributed by atoms with Crippen molar-refractivity contribution in [1.29, 1.82) is 0 Å². The summed E-state index contributed by atoms with van der Waals surface area (Å²) in [6.45, 7) is 10.7. The summed E-state index contributed by atoms with van der Waals surface area (Å²) in [6, 6.07) is 0.509. The second-order valence-corrected chi connectivity index (χ2v) is 4.50. The molecule has 1 unspecified atom stereocenters. The molecule has 0 rings (SSSR count). The second kappa shape index (κ2) is 5.55. The Bertz CT molecular complexity index is 107. The third-order valence-electron chi connectivity index (χ3n) is 1.78. The maximum Gasteiger partial charge on any atom is 0.0615 e. The summed E-state index contributed by atoms with van der Waals surface area (Å²) in [5.74, 6) is 0. The van der Waals surface area contributed by atoms with Crippen molar-refractivity contribution in [3.8, 4) is 0 Å². The molecule has 12 heavy (non-hydrogen) atoms. The van der Waals surface area contributed by atoms with Crippen molar-refractivity contribution in [2.24, 2.45) is 5.41 Å². The number of hydrogen-bond acceptors (Lipinski definition) is 2. The van der Waals surface area contributed by atoms with Gasteiger partial charge in [-0.1, -0.05) is 27.7 Å². The van der Waals surface area contributed by atoms with Crippen LogP contribution >= 0.6 is 0 Å². The first kappa shape index (κ1) is 11.9. The molecule has 74 valence electrons. The van der Waals surface area contributed by atoms with Crippen molar-refractivity contribution < 1.29 is 4.74 Å². The van der Waals surface area contributed by atoms with E-state index < -0.39 is 0 Å². The third-order valence-corrected chi connectivity index (χ3v) is 1.78. The van der Waals surface area contributed by atoms with E-state index in [1.807, 2.05) is 0 Å². The highest BCUT2D eigenvalue weighted by molar-refractivity contribution is 4.70. The Hall–Kier alpha value is -0.0800. The van der Waals surface area contributed by atoms with Gasteiger partial charge in [-0.15, -0.1) is 0 Å². The number of methoxy groups -OCH3 is 1. The van der Waals surface area contributed by atoms with Crippen LogP contribution in [0.25, 0.3) is 0 Å². The molecule has 0 aromatic heterocycles. The average Bonchev–Trinajstić information content (AvgIpc) is 1.96. The molecule has 0 saturated carbocycles. The minimum atomic E-state index is 0.362. The Morgan fingerprint density at radius 2 is 1.92 bits per heavy atom. The van der Waals surface area contributed by atoms with Crippen molar-refractivity contribution in [2.45, 2.75) is 40.2 Å². The van der Waals surface area contributed by atoms with Gasteiger partial charge >= 0.3 is 0 Å². The Morgan fingerprint density at radius 1 is 1.33 bits per heavy atom. The topological polar surface area (TPSA) is 21.3 Å². The van der Waals surface area contributed by atoms with E-state index in [9.17, 15) is 0 Å². The zero-order chi connectivity index (χ0) is 9.61. The molecule has 0 bridgehead atoms. The van der Waals surface area contributed by atoms with Gasteiger partial charge in [0.25, 0.3) is 0 Å². The Morgan fingerprint density at radius 3 is 2.25 bits per heavy atom. The van der Waals surface area contributed by atoms with Crippen LogP contribution in [0.2, 0.25) is 0 Å². The van der Waals surface area contributed by atoms with Gasteiger partial charge in [-0.05, 0) is 11.8 Å². The van der Waals surface area contributed by atoms with E-state index >= 15 is 0 Å². The highest BCUT2D eigenvalue weighted by Crippen LogP contribution is 2.11. The molecule has 0 aliphatic carbocycles. The first-order valence-corrected chi connectivity index (χ1v) is 4.72. The van der Waals surface area contributed by atoms with Gasteiger partial charge in [0.05, 0.1) is 6.61 Å². The molecule has 0 spiro atoms. The summed E-state index contributed by atoms with van der Waals surface area (Å²) < 4.78 is 5.10. The Kier molecular flexibility index (Phi) is 5.51. The lowest BCUT2D eigenvalue weighted by atomic mass is 9.96. The maximum atomic E-state index is 5.10. The molecule has 0 aromatic carbocycles. The largest absolute Gasteiger partial charge is 0.383 e. The summed E-state index contributed by atoms with van der Waals surface area (Å²) >= 11 is 0. The molecule has 2 heteroatoms. The van der Waals surface area contributed by atoms with Crippen LogP contribution in [0.4, 0.5) is 0 Å². The molecule has 0 fully saturated rings. The van der Waals surface area contributed by atoms with Crippen molar-refractivity contribution >= 4 is 0 Å². The molecule has 1 N–H and O–H groups in total. The second-order valence-electron chi connectivity index (χ2n) is 4.50. The summed E-state index contributed by atoms with van der Waals surface area (Å²) in [5, 5.41) is 3.49. The lowest BCUT2D eigenvalue weighted by molar-refractivity contribution is 0.158. The standard InChI is InChI=1S/C10H23NO/c1-6-9(7-12-5)11-8-10(2,3)4/h9,11H,6-8H2,1-5H3. The Balaban J connectivity index is 3.58. The van der Waals surface area contributed by atoms with Gasteiger partial charge in [0, 0.05) is 19.7 Å². The highest BCUT2D eigenvalue weighted by atomic mass is 16.5. The molecule has 0 heterocycles. The monoisotopic (exact) mass is 173 g/mol. The van der Waals surface area contributed by atoms with Crippen LogP contribution in [-0.2, 0) is 4.74 Å². The number of rotatable bonds is 5. The van der Waals surface area contributed by atoms with E-state index in [-0.39, 0.29) is 0 Å². The molecule has 0 amide bonds. The summed E-state index contributed by atoms with van der Waals surface area (Å²) in [7, 11) is 1.75. The van der Waals surface area contributed by atoms with E-state index in [4.69, 9.17) is 4.74 Å². The van der Waals surface area contributed by atoms with E-state index in [0.29, 0.717) is 11.5 Å². The van der Waals surface area contributed by atoms with Gasteiger partial charge in [-0.25, -0.2) is 0 Å². The van der Waals surface area contributed by atoms with Crippen LogP contribution in [0.3, 0.4) is 0 Å². The lowest BCUT2D eigenvalue weighted by Gasteiger charge is -2.23. The number of hydrogen-bond donors (Lipinski definition) is 1. The zero-order valence-corrected chi connectivity index (χ0v) is 9.11. The predicted octanol–water partition coefficient (Wildman–Crippen LogP) is 2.05. The minimum Gasteiger partial charge on any atom is -0.383 e. The van der Waals surface area contributed by atoms with Crippen molar-refractivity contribution in [1.82, 2.24) is 5.32 Å². The number of nitrogens with one attached hydrogen (secondary N) is 1. The fraction of sp³-hybridized carbons (Fsp3) is 1.00. The summed E-state index contributed by atoms with van der Waals surface area (Å²) in [4.78, 5) is 0. The molecule has 0 aliphatic heterocycles. The van der Waals surface area contributed by atoms with E-state index in [2.05, 4.69) is 33.0 Å². The fourth-order valence-electron chi connectivity index (χ4n) is 0.973. The highest BCUT2D eigenvalue weighted by Gasteiger charge is 2.12. The van der Waals surface area contributed by atoms with Gasteiger partial charge in [-0.2, -0.15) is 0 Å². The molecule has 0 radical (unpaired) electrons. The van der Waals surface area contributed by atoms with Crippen molar-refractivity contribution in [3.05, 3.63) is 0 Å². The zero-order valence-electron chi connectivity index (χ0n) is 9.11. The molecule has 0 aromatic rings. The Labute approximate surface area is 76.7 Å². The van der Waals surface area contributed by atoms with Gasteiger partial charge in [0.2, 0.25) is 0 Å². The molecule has 2 nitrogen and oxygen atoms in total. The molecular weight excluding hydrogens is 150 g/mol. The van der Waals surface area contributed by atoms with E-state index in [0.717, 1.165) is 19.6 Å². The predicted molar refractivity (Wildman–Crippen MR) is 53.4 cm³/mol. The third kappa shape index (κ3) is 6.62. The molecule has 0 aliphatic rings. The number of ether oxygens (including phenoxy) is 1. The van der Waals surface area contributed by atoms with Crippen LogP contribution in [-0.4, -0.2) is 26.3 Å². The van der Waals surface area contributed by atoms with Gasteiger partial charge in [0.15, 0.2) is 0 Å². The maximum absolute atomic E-state index is 5.10. The minimum absolute atomic E-state index is 0.362. The van der Waals surface area contributed by atoms with Crippen LogP contribution in [0, 0.1) is 5.41 Å². The van der Waals surface area contributed by atoms with E-state index in [1.54, 1.807) is 7.11 Å². The molecule has 0 saturated heterocycles. The van der Waals surface area contributed by atoms with E-state index in [1.165, 1.54) is 0 Å². The van der Waals surface area contributed by atoms with Crippen LogP contribution < -0.4 is 5.32 Å². The van der Waals surface area contributed by atoms with Crippen LogP contribution in [0.15, 0.2) is 0 Å². The first-order valence-electron chi connectivity index (χ1n) is 4.72. The lowest BCUT2D eigenvalue weighted by Crippen LogP contribution is -2.38. The quantitative estimate of drug-likeness (QED) is 0.687. The van der Waals surface area contributed by atoms with Crippen molar-refractivity contribution in [2.75, 3.05) is 20.3 Å². The van der Waals surface area contributed by atoms with Crippen LogP contribution in [0.1, 0.15) is 34.1 Å².